The van der Waals surface area contributed by atoms with E-state index in [0.717, 1.165) is 20.7 Å². The van der Waals surface area contributed by atoms with E-state index in [4.69, 9.17) is 4.74 Å². The molecule has 2 nitrogen and oxygen atoms in total. The van der Waals surface area contributed by atoms with E-state index in [2.05, 4.69) is 15.9 Å². The Morgan fingerprint density at radius 2 is 2.11 bits per heavy atom. The van der Waals surface area contributed by atoms with Crippen molar-refractivity contribution in [3.8, 4) is 5.75 Å². The van der Waals surface area contributed by atoms with Crippen LogP contribution in [-0.2, 0) is 6.42 Å². The predicted octanol–water partition coefficient (Wildman–Crippen LogP) is 4.57. The van der Waals surface area contributed by atoms with Crippen LogP contribution in [0.15, 0.2) is 40.2 Å². The summed E-state index contributed by atoms with van der Waals surface area (Å²) in [7, 11) is 0. The summed E-state index contributed by atoms with van der Waals surface area (Å²) in [4.78, 5) is 1.16. The molecule has 19 heavy (non-hydrogen) atoms. The van der Waals surface area contributed by atoms with Crippen LogP contribution in [-0.4, -0.2) is 11.2 Å². The predicted molar refractivity (Wildman–Crippen MR) is 82.9 cm³/mol. The molecule has 0 amide bonds. The molecule has 1 aromatic heterocycles. The van der Waals surface area contributed by atoms with E-state index < -0.39 is 6.10 Å². The van der Waals surface area contributed by atoms with Crippen molar-refractivity contribution in [3.05, 3.63) is 50.6 Å². The van der Waals surface area contributed by atoms with Crippen LogP contribution in [0.1, 0.15) is 30.4 Å². The van der Waals surface area contributed by atoms with E-state index in [1.807, 2.05) is 49.6 Å². The normalized spacial score (nSPS) is 12.7. The van der Waals surface area contributed by atoms with Crippen LogP contribution in [0.2, 0.25) is 0 Å². The summed E-state index contributed by atoms with van der Waals surface area (Å²) < 4.78 is 6.71. The number of aliphatic hydroxyl groups excluding tert-OH is 1. The molecule has 0 saturated heterocycles. The number of hydrogen-bond donors (Lipinski definition) is 1. The van der Waals surface area contributed by atoms with Gasteiger partial charge in [-0.15, -0.1) is 11.3 Å². The molecule has 2 rings (SSSR count). The van der Waals surface area contributed by atoms with Crippen molar-refractivity contribution in [2.75, 3.05) is 0 Å². The van der Waals surface area contributed by atoms with Gasteiger partial charge >= 0.3 is 0 Å². The van der Waals surface area contributed by atoms with Crippen LogP contribution in [0.5, 0.6) is 5.75 Å². The van der Waals surface area contributed by atoms with Gasteiger partial charge in [0.25, 0.3) is 0 Å². The monoisotopic (exact) mass is 340 g/mol. The highest BCUT2D eigenvalue weighted by molar-refractivity contribution is 9.10. The zero-order chi connectivity index (χ0) is 13.8. The first-order valence-corrected chi connectivity index (χ1v) is 7.90. The van der Waals surface area contributed by atoms with E-state index in [1.54, 1.807) is 11.3 Å². The van der Waals surface area contributed by atoms with Crippen LogP contribution in [0.25, 0.3) is 0 Å². The molecule has 102 valence electrons. The maximum Gasteiger partial charge on any atom is 0.120 e. The summed E-state index contributed by atoms with van der Waals surface area (Å²) in [5, 5.41) is 12.3. The second kappa shape index (κ2) is 6.55. The lowest BCUT2D eigenvalue weighted by Crippen LogP contribution is -2.07. The maximum atomic E-state index is 10.3. The standard InChI is InChI=1S/C15H17BrO2S/c1-10(2)18-12-5-3-4-11(8-12)14(17)9-15-13(16)6-7-19-15/h3-8,10,14,17H,9H2,1-2H3. The van der Waals surface area contributed by atoms with E-state index in [9.17, 15) is 5.11 Å². The third-order valence-corrected chi connectivity index (χ3v) is 4.63. The third kappa shape index (κ3) is 4.06. The van der Waals surface area contributed by atoms with Crippen LogP contribution < -0.4 is 4.74 Å². The average Bonchev–Trinajstić information content (AvgIpc) is 2.74. The molecule has 0 saturated carbocycles. The highest BCUT2D eigenvalue weighted by atomic mass is 79.9. The third-order valence-electron chi connectivity index (χ3n) is 2.68. The van der Waals surface area contributed by atoms with Gasteiger partial charge in [-0.3, -0.25) is 0 Å². The number of ether oxygens (including phenoxy) is 1. The molecular weight excluding hydrogens is 324 g/mol. The molecule has 0 bridgehead atoms. The Morgan fingerprint density at radius 1 is 1.32 bits per heavy atom. The van der Waals surface area contributed by atoms with Gasteiger partial charge in [-0.05, 0) is 58.9 Å². The molecule has 4 heteroatoms. The summed E-state index contributed by atoms with van der Waals surface area (Å²) in [6.07, 6.45) is 0.244. The van der Waals surface area contributed by atoms with Crippen molar-refractivity contribution in [1.82, 2.24) is 0 Å². The topological polar surface area (TPSA) is 29.5 Å². The van der Waals surface area contributed by atoms with Crippen LogP contribution in [0.3, 0.4) is 0 Å². The van der Waals surface area contributed by atoms with Crippen LogP contribution >= 0.6 is 27.3 Å². The summed E-state index contributed by atoms with van der Waals surface area (Å²) in [5.74, 6) is 0.803. The fraction of sp³-hybridized carbons (Fsp3) is 0.333. The Kier molecular flexibility index (Phi) is 5.02. The second-order valence-electron chi connectivity index (χ2n) is 4.65. The fourth-order valence-electron chi connectivity index (χ4n) is 1.83. The zero-order valence-electron chi connectivity index (χ0n) is 11.0. The Morgan fingerprint density at radius 3 is 2.74 bits per heavy atom. The fourth-order valence-corrected chi connectivity index (χ4v) is 3.38. The van der Waals surface area contributed by atoms with Crippen molar-refractivity contribution in [3.63, 3.8) is 0 Å². The van der Waals surface area contributed by atoms with E-state index in [0.29, 0.717) is 6.42 Å². The van der Waals surface area contributed by atoms with Gasteiger partial charge in [0.15, 0.2) is 0 Å². The molecule has 0 radical (unpaired) electrons. The minimum Gasteiger partial charge on any atom is -0.491 e. The highest BCUT2D eigenvalue weighted by Gasteiger charge is 2.12. The first-order valence-electron chi connectivity index (χ1n) is 6.23. The Balaban J connectivity index is 2.10. The van der Waals surface area contributed by atoms with Gasteiger partial charge < -0.3 is 9.84 Å². The average molecular weight is 341 g/mol. The zero-order valence-corrected chi connectivity index (χ0v) is 13.4. The summed E-state index contributed by atoms with van der Waals surface area (Å²) in [5.41, 5.74) is 0.887. The van der Waals surface area contributed by atoms with Gasteiger partial charge in [-0.1, -0.05) is 12.1 Å². The van der Waals surface area contributed by atoms with Gasteiger partial charge in [0, 0.05) is 15.8 Å². The number of hydrogen-bond acceptors (Lipinski definition) is 3. The lowest BCUT2D eigenvalue weighted by Gasteiger charge is -2.14. The van der Waals surface area contributed by atoms with Gasteiger partial charge in [0.05, 0.1) is 12.2 Å². The number of aliphatic hydroxyl groups is 1. The molecule has 1 unspecified atom stereocenters. The first-order chi connectivity index (χ1) is 9.06. The molecule has 0 aliphatic heterocycles. The molecule has 0 fully saturated rings. The number of benzene rings is 1. The lowest BCUT2D eigenvalue weighted by atomic mass is 10.1. The van der Waals surface area contributed by atoms with Crippen molar-refractivity contribution in [2.24, 2.45) is 0 Å². The first kappa shape index (κ1) is 14.6. The molecule has 1 heterocycles. The van der Waals surface area contributed by atoms with Gasteiger partial charge in [-0.2, -0.15) is 0 Å². The summed E-state index contributed by atoms with van der Waals surface area (Å²) >= 11 is 5.14. The Hall–Kier alpha value is -0.840. The number of halogens is 1. The maximum absolute atomic E-state index is 10.3. The lowest BCUT2D eigenvalue weighted by molar-refractivity contribution is 0.178. The highest BCUT2D eigenvalue weighted by Crippen LogP contribution is 2.29. The number of thiophene rings is 1. The van der Waals surface area contributed by atoms with Crippen molar-refractivity contribution >= 4 is 27.3 Å². The second-order valence-corrected chi connectivity index (χ2v) is 6.51. The largest absolute Gasteiger partial charge is 0.491 e. The SMILES string of the molecule is CC(C)Oc1cccc(C(O)Cc2sccc2Br)c1. The Bertz CT molecular complexity index is 536. The van der Waals surface area contributed by atoms with Crippen molar-refractivity contribution in [2.45, 2.75) is 32.5 Å². The molecule has 1 aromatic carbocycles. The molecule has 2 aromatic rings. The molecule has 1 N–H and O–H groups in total. The minimum atomic E-state index is -0.509. The summed E-state index contributed by atoms with van der Waals surface area (Å²) in [6, 6.07) is 9.67. The van der Waals surface area contributed by atoms with Gasteiger partial charge in [-0.25, -0.2) is 0 Å². The van der Waals surface area contributed by atoms with E-state index >= 15 is 0 Å². The van der Waals surface area contributed by atoms with Gasteiger partial charge in [0.1, 0.15) is 5.75 Å². The molecule has 0 spiro atoms. The number of rotatable bonds is 5. The summed E-state index contributed by atoms with van der Waals surface area (Å²) in [6.45, 7) is 3.98. The molecule has 0 aliphatic rings. The minimum absolute atomic E-state index is 0.138. The quantitative estimate of drug-likeness (QED) is 0.863. The van der Waals surface area contributed by atoms with Crippen LogP contribution in [0.4, 0.5) is 0 Å². The molecular formula is C15H17BrO2S. The van der Waals surface area contributed by atoms with Crippen molar-refractivity contribution < 1.29 is 9.84 Å². The van der Waals surface area contributed by atoms with E-state index in [-0.39, 0.29) is 6.10 Å². The van der Waals surface area contributed by atoms with Crippen molar-refractivity contribution in [1.29, 1.82) is 0 Å². The smallest absolute Gasteiger partial charge is 0.120 e. The molecule has 0 aliphatic carbocycles. The van der Waals surface area contributed by atoms with Crippen LogP contribution in [0, 0.1) is 0 Å². The van der Waals surface area contributed by atoms with E-state index in [1.165, 1.54) is 0 Å². The van der Waals surface area contributed by atoms with Gasteiger partial charge in [0.2, 0.25) is 0 Å². The molecule has 1 atom stereocenters. The Labute approximate surface area is 126 Å².